The Balaban J connectivity index is 1.54. The third-order valence-corrected chi connectivity index (χ3v) is 7.00. The number of carbonyl (C=O) groups is 1. The zero-order valence-corrected chi connectivity index (χ0v) is 21.4. The van der Waals surface area contributed by atoms with E-state index in [-0.39, 0.29) is 5.56 Å². The van der Waals surface area contributed by atoms with Gasteiger partial charge in [-0.15, -0.1) is 0 Å². The van der Waals surface area contributed by atoms with Gasteiger partial charge in [-0.1, -0.05) is 30.9 Å². The second-order valence-electron chi connectivity index (χ2n) is 9.63. The van der Waals surface area contributed by atoms with Crippen LogP contribution in [0.2, 0.25) is 0 Å². The molecule has 0 unspecified atom stereocenters. The van der Waals surface area contributed by atoms with Crippen LogP contribution in [0.3, 0.4) is 0 Å². The first-order valence-electron chi connectivity index (χ1n) is 12.7. The van der Waals surface area contributed by atoms with Gasteiger partial charge < -0.3 is 23.7 Å². The highest BCUT2D eigenvalue weighted by atomic mass is 16.5. The van der Waals surface area contributed by atoms with E-state index in [1.54, 1.807) is 10.6 Å². The molecule has 1 aromatic heterocycles. The molecule has 1 aromatic carbocycles. The van der Waals surface area contributed by atoms with E-state index in [1.807, 2.05) is 18.2 Å². The summed E-state index contributed by atoms with van der Waals surface area (Å²) < 4.78 is 18.8. The van der Waals surface area contributed by atoms with Gasteiger partial charge in [-0.3, -0.25) is 9.69 Å². The molecule has 2 aromatic rings. The summed E-state index contributed by atoms with van der Waals surface area (Å²) in [5.74, 6) is 1.07. The first-order chi connectivity index (χ1) is 17.5. The number of para-hydroxylation sites is 1. The van der Waals surface area contributed by atoms with E-state index >= 15 is 0 Å². The Morgan fingerprint density at radius 3 is 2.75 bits per heavy atom. The summed E-state index contributed by atoms with van der Waals surface area (Å²) in [6, 6.07) is 9.41. The third kappa shape index (κ3) is 6.17. The van der Waals surface area contributed by atoms with Crippen LogP contribution in [-0.2, 0) is 24.2 Å². The van der Waals surface area contributed by atoms with Crippen LogP contribution < -0.4 is 15.0 Å². The number of likely N-dealkylation sites (tertiary alicyclic amines) is 1. The SMILES string of the molecule is C=CCOc1ccccc1CN1CCc2c(C(=O)OC)c(OC[C@H]3CCCN(C)C3)cc(=O)n2CC1. The Morgan fingerprint density at radius 1 is 1.14 bits per heavy atom. The minimum absolute atomic E-state index is 0.148. The normalized spacial score (nSPS) is 18.7. The molecule has 2 aliphatic rings. The molecular weight excluding hydrogens is 458 g/mol. The number of ether oxygens (including phenoxy) is 3. The molecule has 0 amide bonds. The lowest BCUT2D eigenvalue weighted by Gasteiger charge is -2.29. The van der Waals surface area contributed by atoms with Crippen LogP contribution in [0.15, 0.2) is 47.8 Å². The topological polar surface area (TPSA) is 73.2 Å². The quantitative estimate of drug-likeness (QED) is 0.391. The van der Waals surface area contributed by atoms with Gasteiger partial charge in [0, 0.05) is 62.4 Å². The van der Waals surface area contributed by atoms with E-state index in [2.05, 4.69) is 29.5 Å². The first kappa shape index (κ1) is 26.0. The van der Waals surface area contributed by atoms with Crippen molar-refractivity contribution in [3.63, 3.8) is 0 Å². The fraction of sp³-hybridized carbons (Fsp3) is 0.500. The molecule has 0 radical (unpaired) electrons. The molecule has 36 heavy (non-hydrogen) atoms. The van der Waals surface area contributed by atoms with E-state index in [9.17, 15) is 9.59 Å². The molecule has 2 aliphatic heterocycles. The lowest BCUT2D eigenvalue weighted by molar-refractivity contribution is 0.0590. The highest BCUT2D eigenvalue weighted by molar-refractivity contribution is 5.93. The second-order valence-corrected chi connectivity index (χ2v) is 9.63. The summed E-state index contributed by atoms with van der Waals surface area (Å²) >= 11 is 0. The number of hydrogen-bond acceptors (Lipinski definition) is 7. The van der Waals surface area contributed by atoms with Crippen molar-refractivity contribution in [3.05, 3.63) is 70.2 Å². The van der Waals surface area contributed by atoms with Crippen molar-refractivity contribution >= 4 is 5.97 Å². The first-order valence-corrected chi connectivity index (χ1v) is 12.7. The summed E-state index contributed by atoms with van der Waals surface area (Å²) in [6.45, 7) is 9.22. The molecule has 0 N–H and O–H groups in total. The maximum Gasteiger partial charge on any atom is 0.343 e. The van der Waals surface area contributed by atoms with Crippen molar-refractivity contribution in [1.29, 1.82) is 0 Å². The van der Waals surface area contributed by atoms with Gasteiger partial charge in [0.25, 0.3) is 5.56 Å². The second kappa shape index (κ2) is 12.2. The number of aromatic nitrogens is 1. The van der Waals surface area contributed by atoms with Gasteiger partial charge in [0.1, 0.15) is 23.7 Å². The Bertz CT molecular complexity index is 1130. The Hall–Kier alpha value is -3.10. The predicted molar refractivity (Wildman–Crippen MR) is 139 cm³/mol. The van der Waals surface area contributed by atoms with E-state index in [0.717, 1.165) is 37.2 Å². The number of fused-ring (bicyclic) bond motifs is 1. The maximum absolute atomic E-state index is 13.1. The van der Waals surface area contributed by atoms with Crippen LogP contribution >= 0.6 is 0 Å². The predicted octanol–water partition coefficient (Wildman–Crippen LogP) is 2.98. The number of carbonyl (C=O) groups excluding carboxylic acids is 1. The number of piperidine rings is 1. The van der Waals surface area contributed by atoms with Gasteiger partial charge >= 0.3 is 5.97 Å². The van der Waals surface area contributed by atoms with E-state index < -0.39 is 5.97 Å². The molecule has 1 saturated heterocycles. The molecule has 194 valence electrons. The third-order valence-electron chi connectivity index (χ3n) is 7.00. The average molecular weight is 496 g/mol. The van der Waals surface area contributed by atoms with Gasteiger partial charge in [0.2, 0.25) is 0 Å². The van der Waals surface area contributed by atoms with E-state index in [1.165, 1.54) is 13.2 Å². The lowest BCUT2D eigenvalue weighted by atomic mass is 9.99. The van der Waals surface area contributed by atoms with Gasteiger partial charge in [-0.2, -0.15) is 0 Å². The largest absolute Gasteiger partial charge is 0.492 e. The van der Waals surface area contributed by atoms with Crippen LogP contribution in [0, 0.1) is 5.92 Å². The highest BCUT2D eigenvalue weighted by Gasteiger charge is 2.27. The molecule has 0 aliphatic carbocycles. The standard InChI is InChI=1S/C28H37N3O5/c1-4-16-35-24-10-6-5-9-22(24)19-30-13-11-23-27(28(33)34-3)25(17-26(32)31(23)15-14-30)36-20-21-8-7-12-29(2)18-21/h4-6,9-10,17,21H,1,7-8,11-16,18-20H2,2-3H3/t21-/m0/s1. The summed E-state index contributed by atoms with van der Waals surface area (Å²) in [7, 11) is 3.48. The molecule has 4 rings (SSSR count). The van der Waals surface area contributed by atoms with Crippen molar-refractivity contribution in [2.45, 2.75) is 32.4 Å². The summed E-state index contributed by atoms with van der Waals surface area (Å²) in [6.07, 6.45) is 4.47. The van der Waals surface area contributed by atoms with Crippen molar-refractivity contribution in [1.82, 2.24) is 14.4 Å². The Kier molecular flexibility index (Phi) is 8.83. The summed E-state index contributed by atoms with van der Waals surface area (Å²) in [4.78, 5) is 30.6. The Morgan fingerprint density at radius 2 is 1.97 bits per heavy atom. The summed E-state index contributed by atoms with van der Waals surface area (Å²) in [5.41, 5.74) is 1.99. The maximum atomic E-state index is 13.1. The molecule has 8 heteroatoms. The highest BCUT2D eigenvalue weighted by Crippen LogP contribution is 2.27. The fourth-order valence-corrected chi connectivity index (χ4v) is 5.17. The van der Waals surface area contributed by atoms with Crippen LogP contribution in [0.25, 0.3) is 0 Å². The van der Waals surface area contributed by atoms with Crippen LogP contribution in [0.5, 0.6) is 11.5 Å². The molecule has 0 saturated carbocycles. The number of methoxy groups -OCH3 is 1. The van der Waals surface area contributed by atoms with Crippen molar-refractivity contribution in [2.24, 2.45) is 5.92 Å². The minimum Gasteiger partial charge on any atom is -0.492 e. The molecule has 3 heterocycles. The van der Waals surface area contributed by atoms with E-state index in [4.69, 9.17) is 14.2 Å². The van der Waals surface area contributed by atoms with Crippen molar-refractivity contribution in [3.8, 4) is 11.5 Å². The van der Waals surface area contributed by atoms with Crippen LogP contribution in [0.1, 0.15) is 34.5 Å². The monoisotopic (exact) mass is 495 g/mol. The van der Waals surface area contributed by atoms with Gasteiger partial charge in [0.15, 0.2) is 0 Å². The fourth-order valence-electron chi connectivity index (χ4n) is 5.17. The number of benzene rings is 1. The summed E-state index contributed by atoms with van der Waals surface area (Å²) in [5, 5.41) is 0. The van der Waals surface area contributed by atoms with Gasteiger partial charge in [0.05, 0.1) is 13.7 Å². The Labute approximate surface area is 213 Å². The number of hydrogen-bond donors (Lipinski definition) is 0. The zero-order valence-electron chi connectivity index (χ0n) is 21.4. The minimum atomic E-state index is -0.467. The van der Waals surface area contributed by atoms with Gasteiger partial charge in [-0.05, 0) is 32.5 Å². The van der Waals surface area contributed by atoms with Crippen molar-refractivity contribution in [2.75, 3.05) is 53.6 Å². The molecular formula is C28H37N3O5. The molecule has 1 atom stereocenters. The number of rotatable bonds is 9. The number of esters is 1. The molecule has 8 nitrogen and oxygen atoms in total. The zero-order chi connectivity index (χ0) is 25.5. The number of nitrogens with zero attached hydrogens (tertiary/aromatic N) is 3. The number of pyridine rings is 1. The van der Waals surface area contributed by atoms with E-state index in [0.29, 0.717) is 68.7 Å². The smallest absolute Gasteiger partial charge is 0.343 e. The lowest BCUT2D eigenvalue weighted by Crippen LogP contribution is -2.35. The molecule has 0 bridgehead atoms. The van der Waals surface area contributed by atoms with Gasteiger partial charge in [-0.25, -0.2) is 4.79 Å². The van der Waals surface area contributed by atoms with Crippen molar-refractivity contribution < 1.29 is 19.0 Å². The van der Waals surface area contributed by atoms with Crippen LogP contribution in [0.4, 0.5) is 0 Å². The average Bonchev–Trinajstić information content (AvgIpc) is 3.10. The molecule has 0 spiro atoms. The van der Waals surface area contributed by atoms with Crippen LogP contribution in [-0.4, -0.2) is 73.9 Å². The molecule has 1 fully saturated rings.